The zero-order chi connectivity index (χ0) is 14.8. The highest BCUT2D eigenvalue weighted by Gasteiger charge is 2.14. The number of nitrogens with one attached hydrogen (secondary N) is 1. The van der Waals surface area contributed by atoms with Gasteiger partial charge in [0.05, 0.1) is 17.1 Å². The van der Waals surface area contributed by atoms with E-state index in [9.17, 15) is 0 Å². The van der Waals surface area contributed by atoms with Gasteiger partial charge in [-0.1, -0.05) is 13.0 Å². The Bertz CT molecular complexity index is 789. The summed E-state index contributed by atoms with van der Waals surface area (Å²) in [5.41, 5.74) is 2.05. The minimum Gasteiger partial charge on any atom is -0.492 e. The molecule has 21 heavy (non-hydrogen) atoms. The lowest BCUT2D eigenvalue weighted by Crippen LogP contribution is -2.06. The number of thiazole rings is 1. The average Bonchev–Trinajstić information content (AvgIpc) is 3.09. The molecule has 1 atom stereocenters. The molecular formula is C15H17N3OS2. The van der Waals surface area contributed by atoms with E-state index in [0.717, 1.165) is 33.1 Å². The molecule has 0 aliphatic carbocycles. The van der Waals surface area contributed by atoms with E-state index in [-0.39, 0.29) is 0 Å². The van der Waals surface area contributed by atoms with E-state index in [1.807, 2.05) is 30.6 Å². The van der Waals surface area contributed by atoms with E-state index in [2.05, 4.69) is 27.5 Å². The van der Waals surface area contributed by atoms with Crippen LogP contribution in [0.15, 0.2) is 29.8 Å². The number of hydrogen-bond acceptors (Lipinski definition) is 4. The molecular weight excluding hydrogens is 302 g/mol. The van der Waals surface area contributed by atoms with Gasteiger partial charge < -0.3 is 14.3 Å². The van der Waals surface area contributed by atoms with Crippen LogP contribution in [0.3, 0.4) is 0 Å². The predicted molar refractivity (Wildman–Crippen MR) is 88.8 cm³/mol. The third-order valence-electron chi connectivity index (χ3n) is 3.40. The lowest BCUT2D eigenvalue weighted by Gasteiger charge is -2.11. The molecule has 0 saturated heterocycles. The summed E-state index contributed by atoms with van der Waals surface area (Å²) in [6.07, 6.45) is 1.85. The molecule has 1 aromatic carbocycles. The first kappa shape index (κ1) is 14.3. The maximum absolute atomic E-state index is 5.66. The number of H-pyrrole nitrogens is 1. The summed E-state index contributed by atoms with van der Waals surface area (Å²) in [5, 5.41) is 3.14. The molecule has 0 amide bonds. The summed E-state index contributed by atoms with van der Waals surface area (Å²) >= 11 is 7.16. The van der Waals surface area contributed by atoms with Crippen molar-refractivity contribution in [1.29, 1.82) is 0 Å². The Labute approximate surface area is 132 Å². The van der Waals surface area contributed by atoms with Crippen LogP contribution in [0.5, 0.6) is 5.75 Å². The molecule has 3 aromatic rings. The first-order chi connectivity index (χ1) is 10.2. The van der Waals surface area contributed by atoms with Gasteiger partial charge in [0.25, 0.3) is 0 Å². The van der Waals surface area contributed by atoms with Crippen molar-refractivity contribution < 1.29 is 4.74 Å². The third kappa shape index (κ3) is 2.73. The molecule has 0 bridgehead atoms. The molecule has 0 aliphatic heterocycles. The average molecular weight is 319 g/mol. The molecule has 1 N–H and O–H groups in total. The summed E-state index contributed by atoms with van der Waals surface area (Å²) < 4.78 is 8.51. The Morgan fingerprint density at radius 1 is 1.48 bits per heavy atom. The van der Waals surface area contributed by atoms with E-state index in [1.165, 1.54) is 0 Å². The van der Waals surface area contributed by atoms with Crippen molar-refractivity contribution in [1.82, 2.24) is 14.5 Å². The van der Waals surface area contributed by atoms with Gasteiger partial charge in [0.2, 0.25) is 0 Å². The van der Waals surface area contributed by atoms with Crippen LogP contribution in [0.25, 0.3) is 11.0 Å². The van der Waals surface area contributed by atoms with Crippen molar-refractivity contribution in [3.05, 3.63) is 39.6 Å². The highest BCUT2D eigenvalue weighted by Crippen LogP contribution is 2.27. The molecule has 2 aromatic heterocycles. The summed E-state index contributed by atoms with van der Waals surface area (Å²) in [5.74, 6) is 1.17. The first-order valence-electron chi connectivity index (χ1n) is 6.94. The molecule has 0 saturated carbocycles. The Kier molecular flexibility index (Phi) is 4.07. The van der Waals surface area contributed by atoms with Crippen molar-refractivity contribution in [2.24, 2.45) is 0 Å². The highest BCUT2D eigenvalue weighted by molar-refractivity contribution is 7.71. The second-order valence-corrected chi connectivity index (χ2v) is 6.21. The zero-order valence-corrected chi connectivity index (χ0v) is 13.6. The number of aromatic nitrogens is 3. The van der Waals surface area contributed by atoms with Gasteiger partial charge in [-0.15, -0.1) is 11.3 Å². The molecule has 3 rings (SSSR count). The predicted octanol–water partition coefficient (Wildman–Crippen LogP) is 4.36. The Morgan fingerprint density at radius 3 is 3.05 bits per heavy atom. The standard InChI is InChI=1S/C15H17N3OS2/c1-3-19-12-6-4-5-11-13(12)17-15(20)18(11)9-10(2)14-16-7-8-21-14/h4-8,10H,3,9H2,1-2H3,(H,17,20). The number of para-hydroxylation sites is 1. The van der Waals surface area contributed by atoms with Crippen molar-refractivity contribution in [2.75, 3.05) is 6.61 Å². The van der Waals surface area contributed by atoms with Crippen molar-refractivity contribution in [3.8, 4) is 5.75 Å². The summed E-state index contributed by atoms with van der Waals surface area (Å²) in [4.78, 5) is 7.66. The molecule has 1 unspecified atom stereocenters. The maximum Gasteiger partial charge on any atom is 0.178 e. The largest absolute Gasteiger partial charge is 0.492 e. The van der Waals surface area contributed by atoms with Gasteiger partial charge in [0.1, 0.15) is 11.3 Å². The lowest BCUT2D eigenvalue weighted by atomic mass is 10.2. The monoisotopic (exact) mass is 319 g/mol. The van der Waals surface area contributed by atoms with Crippen molar-refractivity contribution >= 4 is 34.6 Å². The molecule has 0 fully saturated rings. The Morgan fingerprint density at radius 2 is 2.33 bits per heavy atom. The van der Waals surface area contributed by atoms with E-state index < -0.39 is 0 Å². The van der Waals surface area contributed by atoms with E-state index in [0.29, 0.717) is 12.5 Å². The first-order valence-corrected chi connectivity index (χ1v) is 8.23. The molecule has 110 valence electrons. The van der Waals surface area contributed by atoms with E-state index in [4.69, 9.17) is 17.0 Å². The third-order valence-corrected chi connectivity index (χ3v) is 4.73. The van der Waals surface area contributed by atoms with Crippen LogP contribution in [-0.2, 0) is 6.54 Å². The number of ether oxygens (including phenoxy) is 1. The summed E-state index contributed by atoms with van der Waals surface area (Å²) in [7, 11) is 0. The quantitative estimate of drug-likeness (QED) is 0.711. The second kappa shape index (κ2) is 5.99. The van der Waals surface area contributed by atoms with Crippen LogP contribution in [0.1, 0.15) is 24.8 Å². The van der Waals surface area contributed by atoms with Crippen LogP contribution >= 0.6 is 23.6 Å². The molecule has 2 heterocycles. The number of rotatable bonds is 5. The fourth-order valence-corrected chi connectivity index (χ4v) is 3.41. The Balaban J connectivity index is 2.01. The van der Waals surface area contributed by atoms with Crippen LogP contribution < -0.4 is 4.74 Å². The lowest BCUT2D eigenvalue weighted by molar-refractivity contribution is 0.343. The SMILES string of the molecule is CCOc1cccc2c1[nH]c(=S)n2CC(C)c1nccs1. The van der Waals surface area contributed by atoms with Gasteiger partial charge in [-0.25, -0.2) is 4.98 Å². The van der Waals surface area contributed by atoms with Crippen LogP contribution in [0.4, 0.5) is 0 Å². The minimum absolute atomic E-state index is 0.325. The van der Waals surface area contributed by atoms with Gasteiger partial charge in [-0.05, 0) is 31.3 Å². The molecule has 4 nitrogen and oxygen atoms in total. The van der Waals surface area contributed by atoms with E-state index >= 15 is 0 Å². The molecule has 0 aliphatic rings. The van der Waals surface area contributed by atoms with Crippen molar-refractivity contribution in [3.63, 3.8) is 0 Å². The van der Waals surface area contributed by atoms with Gasteiger partial charge in [-0.2, -0.15) is 0 Å². The summed E-state index contributed by atoms with van der Waals surface area (Å²) in [6, 6.07) is 6.03. The minimum atomic E-state index is 0.325. The molecule has 0 radical (unpaired) electrons. The van der Waals surface area contributed by atoms with Crippen molar-refractivity contribution in [2.45, 2.75) is 26.3 Å². The van der Waals surface area contributed by atoms with Crippen LogP contribution in [-0.4, -0.2) is 21.1 Å². The molecule has 6 heteroatoms. The van der Waals surface area contributed by atoms with Gasteiger partial charge in [0, 0.05) is 24.0 Å². The number of nitrogens with zero attached hydrogens (tertiary/aromatic N) is 2. The number of fused-ring (bicyclic) bond motifs is 1. The number of benzene rings is 1. The fraction of sp³-hybridized carbons (Fsp3) is 0.333. The maximum atomic E-state index is 5.66. The number of aromatic amines is 1. The normalized spacial score (nSPS) is 12.7. The van der Waals surface area contributed by atoms with Crippen LogP contribution in [0.2, 0.25) is 0 Å². The van der Waals surface area contributed by atoms with E-state index in [1.54, 1.807) is 11.3 Å². The van der Waals surface area contributed by atoms with Crippen LogP contribution in [0, 0.1) is 4.77 Å². The highest BCUT2D eigenvalue weighted by atomic mass is 32.1. The van der Waals surface area contributed by atoms with Gasteiger partial charge >= 0.3 is 0 Å². The number of hydrogen-bond donors (Lipinski definition) is 1. The Hall–Kier alpha value is -1.66. The molecule has 0 spiro atoms. The summed E-state index contributed by atoms with van der Waals surface area (Å²) in [6.45, 7) is 5.60. The number of imidazole rings is 1. The zero-order valence-electron chi connectivity index (χ0n) is 12.0. The second-order valence-electron chi connectivity index (χ2n) is 4.90. The topological polar surface area (TPSA) is 42.8 Å². The van der Waals surface area contributed by atoms with Gasteiger partial charge in [-0.3, -0.25) is 0 Å². The van der Waals surface area contributed by atoms with Gasteiger partial charge in [0.15, 0.2) is 4.77 Å². The smallest absolute Gasteiger partial charge is 0.178 e. The fourth-order valence-electron chi connectivity index (χ4n) is 2.44.